The molecule has 1 aliphatic rings. The second-order valence-electron chi connectivity index (χ2n) is 2.75. The van der Waals surface area contributed by atoms with E-state index < -0.39 is 16.6 Å². The Morgan fingerprint density at radius 1 is 1.43 bits per heavy atom. The molecule has 0 saturated heterocycles. The molecule has 1 unspecified atom stereocenters. The van der Waals surface area contributed by atoms with Gasteiger partial charge in [0.05, 0.1) is 16.1 Å². The predicted octanol–water partition coefficient (Wildman–Crippen LogP) is 1.41. The van der Waals surface area contributed by atoms with Crippen LogP contribution in [0.3, 0.4) is 0 Å². The minimum Gasteiger partial charge on any atom is -0.375 e. The van der Waals surface area contributed by atoms with Crippen LogP contribution >= 0.6 is 10.5 Å². The molecule has 1 aliphatic heterocycles. The molecular formula is C8H9N3O2S. The minimum absolute atomic E-state index is 0.721. The summed E-state index contributed by atoms with van der Waals surface area (Å²) in [6.45, 7) is 0. The van der Waals surface area contributed by atoms with Gasteiger partial charge in [0.15, 0.2) is 0 Å². The van der Waals surface area contributed by atoms with Crippen molar-refractivity contribution in [3.63, 3.8) is 0 Å². The fraction of sp³-hybridized carbons (Fsp3) is 0. The SMILES string of the molecule is NC(=O)OS1(N)C=Nc2ccccc21. The van der Waals surface area contributed by atoms with Crippen molar-refractivity contribution in [1.29, 1.82) is 0 Å². The van der Waals surface area contributed by atoms with Gasteiger partial charge < -0.3 is 9.92 Å². The number of fused-ring (bicyclic) bond motifs is 1. The maximum Gasteiger partial charge on any atom is 0.416 e. The number of hydrogen-bond donors (Lipinski definition) is 2. The lowest BCUT2D eigenvalue weighted by Gasteiger charge is -2.25. The summed E-state index contributed by atoms with van der Waals surface area (Å²) in [6.07, 6.45) is -0.884. The highest BCUT2D eigenvalue weighted by Crippen LogP contribution is 2.55. The molecule has 14 heavy (non-hydrogen) atoms. The van der Waals surface area contributed by atoms with Crippen molar-refractivity contribution in [3.05, 3.63) is 24.3 Å². The highest BCUT2D eigenvalue weighted by molar-refractivity contribution is 8.39. The molecule has 1 atom stereocenters. The van der Waals surface area contributed by atoms with Crippen LogP contribution in [0.15, 0.2) is 34.2 Å². The van der Waals surface area contributed by atoms with Crippen molar-refractivity contribution in [2.45, 2.75) is 4.90 Å². The largest absolute Gasteiger partial charge is 0.416 e. The number of hydrogen-bond acceptors (Lipinski definition) is 4. The average Bonchev–Trinajstić information content (AvgIpc) is 2.44. The van der Waals surface area contributed by atoms with Gasteiger partial charge in [-0.2, -0.15) is 0 Å². The Bertz CT molecular complexity index is 421. The van der Waals surface area contributed by atoms with Crippen LogP contribution in [-0.2, 0) is 4.18 Å². The number of benzene rings is 1. The molecule has 0 bridgehead atoms. The molecule has 1 aromatic carbocycles. The predicted molar refractivity (Wildman–Crippen MR) is 55.3 cm³/mol. The Morgan fingerprint density at radius 2 is 2.14 bits per heavy atom. The molecule has 0 spiro atoms. The zero-order chi connectivity index (χ0) is 10.2. The first-order valence-corrected chi connectivity index (χ1v) is 5.53. The molecule has 74 valence electrons. The van der Waals surface area contributed by atoms with Gasteiger partial charge in [-0.1, -0.05) is 12.1 Å². The van der Waals surface area contributed by atoms with Gasteiger partial charge in [0, 0.05) is 10.5 Å². The summed E-state index contributed by atoms with van der Waals surface area (Å²) in [7, 11) is -2.23. The summed E-state index contributed by atoms with van der Waals surface area (Å²) < 4.78 is 4.88. The van der Waals surface area contributed by atoms with E-state index in [0.717, 1.165) is 10.6 Å². The van der Waals surface area contributed by atoms with E-state index in [0.29, 0.717) is 0 Å². The van der Waals surface area contributed by atoms with Crippen LogP contribution in [-0.4, -0.2) is 11.6 Å². The third kappa shape index (κ3) is 1.34. The summed E-state index contributed by atoms with van der Waals surface area (Å²) in [5.74, 6) is 0. The zero-order valence-corrected chi connectivity index (χ0v) is 8.03. The van der Waals surface area contributed by atoms with Gasteiger partial charge >= 0.3 is 6.09 Å². The lowest BCUT2D eigenvalue weighted by atomic mass is 10.3. The van der Waals surface area contributed by atoms with Gasteiger partial charge in [-0.15, -0.1) is 0 Å². The monoisotopic (exact) mass is 211 g/mol. The van der Waals surface area contributed by atoms with Gasteiger partial charge in [0.25, 0.3) is 0 Å². The van der Waals surface area contributed by atoms with Crippen molar-refractivity contribution < 1.29 is 8.98 Å². The highest BCUT2D eigenvalue weighted by Gasteiger charge is 2.30. The minimum atomic E-state index is -2.23. The number of para-hydroxylation sites is 1. The number of nitrogens with two attached hydrogens (primary N) is 2. The molecule has 2 rings (SSSR count). The Balaban J connectivity index is 2.42. The zero-order valence-electron chi connectivity index (χ0n) is 7.21. The van der Waals surface area contributed by atoms with Crippen molar-refractivity contribution in [2.24, 2.45) is 15.9 Å². The maximum atomic E-state index is 10.6. The van der Waals surface area contributed by atoms with Crippen LogP contribution < -0.4 is 10.9 Å². The van der Waals surface area contributed by atoms with Crippen LogP contribution in [0.2, 0.25) is 0 Å². The lowest BCUT2D eigenvalue weighted by Crippen LogP contribution is -2.22. The molecule has 0 aliphatic carbocycles. The van der Waals surface area contributed by atoms with E-state index in [-0.39, 0.29) is 0 Å². The molecule has 1 aromatic rings. The topological polar surface area (TPSA) is 90.7 Å². The highest BCUT2D eigenvalue weighted by atomic mass is 32.3. The van der Waals surface area contributed by atoms with E-state index >= 15 is 0 Å². The quantitative estimate of drug-likeness (QED) is 0.735. The van der Waals surface area contributed by atoms with Gasteiger partial charge in [-0.05, 0) is 12.1 Å². The van der Waals surface area contributed by atoms with E-state index in [4.69, 9.17) is 15.1 Å². The smallest absolute Gasteiger partial charge is 0.375 e. The van der Waals surface area contributed by atoms with Crippen LogP contribution in [0, 0.1) is 0 Å². The number of carbonyl (C=O) groups excluding carboxylic acids is 1. The fourth-order valence-corrected chi connectivity index (χ4v) is 2.75. The Hall–Kier alpha value is -1.53. The summed E-state index contributed by atoms with van der Waals surface area (Å²) >= 11 is 0. The number of primary amides is 1. The van der Waals surface area contributed by atoms with E-state index in [1.807, 2.05) is 12.1 Å². The van der Waals surface area contributed by atoms with Crippen molar-refractivity contribution in [2.75, 3.05) is 0 Å². The second-order valence-corrected chi connectivity index (χ2v) is 4.86. The standard InChI is InChI=1S/C8H9N3O2S/c9-8(12)13-14(10)5-11-6-3-1-2-4-7(6)14/h1-5H,10H2,(H2,9,12). The van der Waals surface area contributed by atoms with Crippen LogP contribution in [0.25, 0.3) is 0 Å². The third-order valence-corrected chi connectivity index (χ3v) is 3.67. The lowest BCUT2D eigenvalue weighted by molar-refractivity contribution is 0.217. The van der Waals surface area contributed by atoms with Crippen molar-refractivity contribution >= 4 is 27.8 Å². The normalized spacial score (nSPS) is 27.8. The molecule has 0 saturated carbocycles. The molecule has 0 aromatic heterocycles. The van der Waals surface area contributed by atoms with Gasteiger partial charge in [0.2, 0.25) is 0 Å². The molecule has 1 heterocycles. The Kier molecular flexibility index (Phi) is 1.94. The Morgan fingerprint density at radius 3 is 2.86 bits per heavy atom. The van der Waals surface area contributed by atoms with Crippen LogP contribution in [0.5, 0.6) is 0 Å². The molecule has 4 N–H and O–H groups in total. The molecular weight excluding hydrogens is 202 g/mol. The molecule has 0 radical (unpaired) electrons. The van der Waals surface area contributed by atoms with Gasteiger partial charge in [-0.3, -0.25) is 5.14 Å². The summed E-state index contributed by atoms with van der Waals surface area (Å²) in [6, 6.07) is 7.23. The molecule has 0 fully saturated rings. The van der Waals surface area contributed by atoms with Gasteiger partial charge in [-0.25, -0.2) is 9.79 Å². The van der Waals surface area contributed by atoms with E-state index in [2.05, 4.69) is 4.99 Å². The first kappa shape index (κ1) is 9.04. The first-order chi connectivity index (χ1) is 6.62. The number of rotatable bonds is 1. The number of amides is 1. The van der Waals surface area contributed by atoms with Crippen LogP contribution in [0.4, 0.5) is 10.5 Å². The third-order valence-electron chi connectivity index (χ3n) is 1.78. The number of carbonyl (C=O) groups is 1. The van der Waals surface area contributed by atoms with Crippen LogP contribution in [0.1, 0.15) is 0 Å². The Labute approximate surface area is 82.4 Å². The summed E-state index contributed by atoms with van der Waals surface area (Å²) in [5, 5.41) is 5.88. The number of nitrogens with zero attached hydrogens (tertiary/aromatic N) is 1. The van der Waals surface area contributed by atoms with Crippen molar-refractivity contribution in [1.82, 2.24) is 0 Å². The average molecular weight is 211 g/mol. The maximum absolute atomic E-state index is 10.6. The van der Waals surface area contributed by atoms with E-state index in [9.17, 15) is 4.79 Å². The van der Waals surface area contributed by atoms with E-state index in [1.54, 1.807) is 12.1 Å². The fourth-order valence-electron chi connectivity index (χ4n) is 1.23. The molecule has 1 amide bonds. The molecule has 5 nitrogen and oxygen atoms in total. The van der Waals surface area contributed by atoms with Crippen molar-refractivity contribution in [3.8, 4) is 0 Å². The summed E-state index contributed by atoms with van der Waals surface area (Å²) in [4.78, 5) is 15.4. The van der Waals surface area contributed by atoms with Gasteiger partial charge in [0.1, 0.15) is 0 Å². The first-order valence-electron chi connectivity index (χ1n) is 3.85. The molecule has 6 heteroatoms. The van der Waals surface area contributed by atoms with E-state index in [1.165, 1.54) is 5.55 Å². The summed E-state index contributed by atoms with van der Waals surface area (Å²) in [5.41, 5.74) is 7.11. The second kappa shape index (κ2) is 3.00. The number of aliphatic imine (C=N–C) groups is 1.